The molecule has 5 atom stereocenters. The number of carbonyl (C=O) groups excluding carboxylic acids is 5. The maximum atomic E-state index is 14.2. The van der Waals surface area contributed by atoms with Gasteiger partial charge in [0.05, 0.1) is 24.9 Å². The van der Waals surface area contributed by atoms with E-state index in [1.165, 1.54) is 9.80 Å². The van der Waals surface area contributed by atoms with Gasteiger partial charge in [-0.2, -0.15) is 0 Å². The molecule has 2 aliphatic carbocycles. The molecule has 1 aromatic carbocycles. The second kappa shape index (κ2) is 14.3. The lowest BCUT2D eigenvalue weighted by Crippen LogP contribution is -2.59. The van der Waals surface area contributed by atoms with Crippen LogP contribution in [0.2, 0.25) is 5.02 Å². The molecule has 3 aliphatic heterocycles. The number of alkyl carbamates (subject to hydrolysis) is 1. The minimum atomic E-state index is -3.92. The van der Waals surface area contributed by atoms with Crippen LogP contribution in [0.15, 0.2) is 30.4 Å². The smallest absolute Gasteiger partial charge is 0.410 e. The lowest BCUT2D eigenvalue weighted by molar-refractivity contribution is -0.142. The van der Waals surface area contributed by atoms with Crippen LogP contribution in [0.1, 0.15) is 70.4 Å². The van der Waals surface area contributed by atoms with E-state index in [9.17, 15) is 32.4 Å². The molecule has 5 aliphatic rings. The van der Waals surface area contributed by atoms with Crippen LogP contribution >= 0.6 is 11.6 Å². The van der Waals surface area contributed by atoms with Gasteiger partial charge in [0.15, 0.2) is 0 Å². The average Bonchev–Trinajstić information content (AvgIpc) is 3.93. The van der Waals surface area contributed by atoms with Gasteiger partial charge in [0.1, 0.15) is 29.3 Å². The van der Waals surface area contributed by atoms with Gasteiger partial charge in [0.25, 0.3) is 5.91 Å². The van der Waals surface area contributed by atoms with Crippen LogP contribution in [0.5, 0.6) is 0 Å². The summed E-state index contributed by atoms with van der Waals surface area (Å²) in [6.45, 7) is 5.33. The Balaban J connectivity index is 1.25. The van der Waals surface area contributed by atoms with Gasteiger partial charge in [-0.25, -0.2) is 18.0 Å². The normalized spacial score (nSPS) is 28.3. The van der Waals surface area contributed by atoms with Crippen molar-refractivity contribution < 1.29 is 46.6 Å². The third kappa shape index (κ3) is 8.44. The van der Waals surface area contributed by atoms with Gasteiger partial charge in [-0.1, -0.05) is 35.9 Å². The Bertz CT molecular complexity index is 1730. The number of hydrogen-bond donors (Lipinski definition) is 3. The maximum Gasteiger partial charge on any atom is 0.410 e. The lowest BCUT2D eigenvalue weighted by atomic mass is 10.1. The van der Waals surface area contributed by atoms with E-state index < -0.39 is 80.4 Å². The van der Waals surface area contributed by atoms with Crippen molar-refractivity contribution in [2.24, 2.45) is 5.92 Å². The van der Waals surface area contributed by atoms with Crippen molar-refractivity contribution in [1.29, 1.82) is 0 Å². The number of ether oxygens (including phenoxy) is 3. The Morgan fingerprint density at radius 2 is 1.90 bits per heavy atom. The van der Waals surface area contributed by atoms with Gasteiger partial charge in [-0.15, -0.1) is 0 Å². The predicted molar refractivity (Wildman–Crippen MR) is 183 cm³/mol. The molecule has 0 bridgehead atoms. The van der Waals surface area contributed by atoms with Crippen LogP contribution in [0.25, 0.3) is 0 Å². The molecule has 51 heavy (non-hydrogen) atoms. The first-order chi connectivity index (χ1) is 24.1. The molecule has 17 heteroatoms. The summed E-state index contributed by atoms with van der Waals surface area (Å²) in [7, 11) is -3.92. The van der Waals surface area contributed by atoms with E-state index in [4.69, 9.17) is 25.8 Å². The van der Waals surface area contributed by atoms with E-state index >= 15 is 0 Å². The molecule has 0 aromatic heterocycles. The predicted octanol–water partition coefficient (Wildman–Crippen LogP) is 2.50. The fraction of sp³-hybridized carbons (Fsp3) is 0.618. The summed E-state index contributed by atoms with van der Waals surface area (Å²) in [5.74, 6) is -2.76. The molecule has 3 fully saturated rings. The van der Waals surface area contributed by atoms with Crippen molar-refractivity contribution in [1.82, 2.24) is 25.2 Å². The van der Waals surface area contributed by atoms with E-state index in [1.54, 1.807) is 39.0 Å². The number of nitrogens with one attached hydrogen (secondary N) is 3. The summed E-state index contributed by atoms with van der Waals surface area (Å²) in [6, 6.07) is 2.88. The molecule has 0 unspecified atom stereocenters. The highest BCUT2D eigenvalue weighted by molar-refractivity contribution is 7.91. The SMILES string of the molecule is CC(C)(C)OC(=O)N[C@H]1COCCCC=C[C@@H]2C[C@@]2(C(=O)NS(=O)(=O)C2CC2)NC(=O)[C@@H]2C[C@@H](OC(=O)N3Cc4cccc(Cl)c4C3)CN2C1=O. The number of halogens is 1. The Hall–Kier alpha value is -3.89. The summed E-state index contributed by atoms with van der Waals surface area (Å²) in [4.78, 5) is 70.8. The molecule has 278 valence electrons. The second-order valence-electron chi connectivity index (χ2n) is 14.8. The molecular formula is C34H44ClN5O10S. The number of fused-ring (bicyclic) bond motifs is 3. The number of amides is 5. The molecule has 5 amide bonds. The first-order valence-corrected chi connectivity index (χ1v) is 19.1. The number of carbonyl (C=O) groups is 5. The average molecular weight is 750 g/mol. The summed E-state index contributed by atoms with van der Waals surface area (Å²) < 4.78 is 44.7. The molecule has 0 radical (unpaired) electrons. The summed E-state index contributed by atoms with van der Waals surface area (Å²) in [5.41, 5.74) is -0.743. The van der Waals surface area contributed by atoms with Gasteiger partial charge in [-0.3, -0.25) is 24.0 Å². The quantitative estimate of drug-likeness (QED) is 0.378. The molecule has 0 spiro atoms. The van der Waals surface area contributed by atoms with E-state index in [1.807, 2.05) is 12.1 Å². The van der Waals surface area contributed by atoms with Crippen molar-refractivity contribution in [2.45, 2.75) is 107 Å². The molecule has 3 heterocycles. The Labute approximate surface area is 301 Å². The summed E-state index contributed by atoms with van der Waals surface area (Å²) in [6.07, 6.45) is 3.17. The summed E-state index contributed by atoms with van der Waals surface area (Å²) in [5, 5.41) is 5.21. The first kappa shape index (κ1) is 36.9. The topological polar surface area (TPSA) is 190 Å². The maximum absolute atomic E-state index is 14.2. The van der Waals surface area contributed by atoms with Crippen LogP contribution in [-0.2, 0) is 51.7 Å². The minimum Gasteiger partial charge on any atom is -0.444 e. The van der Waals surface area contributed by atoms with Crippen molar-refractivity contribution >= 4 is 51.5 Å². The largest absolute Gasteiger partial charge is 0.444 e. The fourth-order valence-electron chi connectivity index (χ4n) is 6.66. The zero-order valence-corrected chi connectivity index (χ0v) is 30.4. The highest BCUT2D eigenvalue weighted by Gasteiger charge is 2.62. The third-order valence-electron chi connectivity index (χ3n) is 9.57. The standard InChI is InChI=1S/C34H44ClN5O10S/c1-33(2,3)50-31(44)36-26-19-48-13-6-4-5-9-21-15-34(21,30(43)38-51(46,47)23-11-12-23)37-28(41)27-14-22(17-40(27)29(26)42)49-32(45)39-16-20-8-7-10-25(35)24(20)18-39/h5,7-10,21-23,26-27H,4,6,11-19H2,1-3H3,(H,36,44)(H,37,41)(H,38,43)/t21-,22-,26+,27+,34-/m1/s1. The van der Waals surface area contributed by atoms with Crippen LogP contribution in [0, 0.1) is 5.92 Å². The number of hydrogen-bond acceptors (Lipinski definition) is 10. The molecule has 1 aromatic rings. The number of rotatable bonds is 5. The van der Waals surface area contributed by atoms with Gasteiger partial charge >= 0.3 is 12.2 Å². The van der Waals surface area contributed by atoms with Crippen LogP contribution in [0.4, 0.5) is 9.59 Å². The van der Waals surface area contributed by atoms with Gasteiger partial charge in [0, 0.05) is 30.5 Å². The molecular weight excluding hydrogens is 706 g/mol. The van der Waals surface area contributed by atoms with Crippen molar-refractivity contribution in [3.8, 4) is 0 Å². The number of benzene rings is 1. The molecule has 1 saturated heterocycles. The zero-order valence-electron chi connectivity index (χ0n) is 28.8. The van der Waals surface area contributed by atoms with E-state index in [0.717, 1.165) is 11.1 Å². The molecule has 6 rings (SSSR count). The van der Waals surface area contributed by atoms with Crippen LogP contribution < -0.4 is 15.4 Å². The lowest BCUT2D eigenvalue weighted by Gasteiger charge is -2.30. The van der Waals surface area contributed by atoms with E-state index in [0.29, 0.717) is 30.7 Å². The van der Waals surface area contributed by atoms with Crippen molar-refractivity contribution in [3.05, 3.63) is 46.5 Å². The minimum absolute atomic E-state index is 0.122. The highest BCUT2D eigenvalue weighted by atomic mass is 35.5. The van der Waals surface area contributed by atoms with Gasteiger partial charge in [0.2, 0.25) is 21.8 Å². The Kier molecular flexibility index (Phi) is 10.3. The van der Waals surface area contributed by atoms with Gasteiger partial charge in [-0.05, 0) is 70.1 Å². The molecule has 3 N–H and O–H groups in total. The number of nitrogens with zero attached hydrogens (tertiary/aromatic N) is 2. The fourth-order valence-corrected chi connectivity index (χ4v) is 8.28. The monoisotopic (exact) mass is 749 g/mol. The van der Waals surface area contributed by atoms with Crippen LogP contribution in [-0.4, -0.2) is 102 Å². The highest BCUT2D eigenvalue weighted by Crippen LogP contribution is 2.46. The van der Waals surface area contributed by atoms with E-state index in [2.05, 4.69) is 15.4 Å². The molecule has 2 saturated carbocycles. The Morgan fingerprint density at radius 1 is 1.14 bits per heavy atom. The zero-order chi connectivity index (χ0) is 36.7. The second-order valence-corrected chi connectivity index (χ2v) is 17.1. The Morgan fingerprint density at radius 3 is 2.61 bits per heavy atom. The summed E-state index contributed by atoms with van der Waals surface area (Å²) >= 11 is 6.34. The number of sulfonamides is 1. The van der Waals surface area contributed by atoms with Crippen molar-refractivity contribution in [2.75, 3.05) is 19.8 Å². The first-order valence-electron chi connectivity index (χ1n) is 17.2. The van der Waals surface area contributed by atoms with Crippen molar-refractivity contribution in [3.63, 3.8) is 0 Å². The van der Waals surface area contributed by atoms with Crippen LogP contribution in [0.3, 0.4) is 0 Å². The molecule has 15 nitrogen and oxygen atoms in total. The third-order valence-corrected chi connectivity index (χ3v) is 11.7. The van der Waals surface area contributed by atoms with E-state index in [-0.39, 0.29) is 45.7 Å². The number of allylic oxidation sites excluding steroid dienone is 1. The van der Waals surface area contributed by atoms with Gasteiger partial charge < -0.3 is 29.7 Å².